The van der Waals surface area contributed by atoms with Crippen LogP contribution in [0.4, 0.5) is 0 Å². The van der Waals surface area contributed by atoms with E-state index in [2.05, 4.69) is 9.80 Å². The molecule has 1 amide bonds. The van der Waals surface area contributed by atoms with Gasteiger partial charge in [0, 0.05) is 50.8 Å². The Labute approximate surface area is 149 Å². The molecule has 0 aromatic heterocycles. The maximum atomic E-state index is 12.2. The summed E-state index contributed by atoms with van der Waals surface area (Å²) in [6.45, 7) is 7.92. The van der Waals surface area contributed by atoms with Crippen LogP contribution in [0.1, 0.15) is 12.8 Å². The van der Waals surface area contributed by atoms with E-state index in [0.29, 0.717) is 24.1 Å². The number of hydrogen-bond acceptors (Lipinski definition) is 4. The lowest BCUT2D eigenvalue weighted by Crippen LogP contribution is -2.50. The second-order valence-electron chi connectivity index (χ2n) is 6.51. The highest BCUT2D eigenvalue weighted by atomic mass is 35.5. The van der Waals surface area contributed by atoms with E-state index in [0.717, 1.165) is 64.4 Å². The lowest BCUT2D eigenvalue weighted by Gasteiger charge is -2.34. The molecule has 0 radical (unpaired) electrons. The van der Waals surface area contributed by atoms with E-state index in [4.69, 9.17) is 16.3 Å². The van der Waals surface area contributed by atoms with Crippen molar-refractivity contribution in [1.82, 2.24) is 14.7 Å². The maximum Gasteiger partial charge on any atom is 0.236 e. The predicted molar refractivity (Wildman–Crippen MR) is 95.6 cm³/mol. The number of piperazine rings is 1. The lowest BCUT2D eigenvalue weighted by molar-refractivity contribution is -0.131. The minimum atomic E-state index is 0.297. The van der Waals surface area contributed by atoms with Gasteiger partial charge in [-0.3, -0.25) is 14.6 Å². The molecule has 3 rings (SSSR count). The SMILES string of the molecule is O=C(CN1CCN(CCOc2cccc(Cl)c2)CC1)N1CCCC1. The fourth-order valence-electron chi connectivity index (χ4n) is 3.28. The summed E-state index contributed by atoms with van der Waals surface area (Å²) in [6, 6.07) is 7.50. The van der Waals surface area contributed by atoms with Crippen molar-refractivity contribution in [1.29, 1.82) is 0 Å². The van der Waals surface area contributed by atoms with Crippen LogP contribution in [-0.4, -0.2) is 79.6 Å². The van der Waals surface area contributed by atoms with Crippen molar-refractivity contribution in [3.05, 3.63) is 29.3 Å². The zero-order valence-corrected chi connectivity index (χ0v) is 14.9. The molecule has 1 aromatic rings. The molecule has 2 aliphatic heterocycles. The molecule has 1 aromatic carbocycles. The first kappa shape index (κ1) is 17.5. The van der Waals surface area contributed by atoms with Gasteiger partial charge in [-0.25, -0.2) is 0 Å². The number of carbonyl (C=O) groups excluding carboxylic acids is 1. The van der Waals surface area contributed by atoms with Gasteiger partial charge in [-0.15, -0.1) is 0 Å². The zero-order valence-electron chi connectivity index (χ0n) is 14.1. The zero-order chi connectivity index (χ0) is 16.8. The molecule has 0 spiro atoms. The summed E-state index contributed by atoms with van der Waals surface area (Å²) in [5, 5.41) is 0.698. The molecule has 5 nitrogen and oxygen atoms in total. The number of nitrogens with zero attached hydrogens (tertiary/aromatic N) is 3. The van der Waals surface area contributed by atoms with Gasteiger partial charge in [-0.2, -0.15) is 0 Å². The molecule has 0 atom stereocenters. The molecule has 2 aliphatic rings. The third kappa shape index (κ3) is 5.10. The number of benzene rings is 1. The van der Waals surface area contributed by atoms with Crippen molar-refractivity contribution in [2.75, 3.05) is 59.0 Å². The highest BCUT2D eigenvalue weighted by Crippen LogP contribution is 2.17. The molecule has 0 saturated carbocycles. The van der Waals surface area contributed by atoms with Crippen molar-refractivity contribution < 1.29 is 9.53 Å². The van der Waals surface area contributed by atoms with Crippen molar-refractivity contribution in [3.8, 4) is 5.75 Å². The first-order valence-electron chi connectivity index (χ1n) is 8.81. The van der Waals surface area contributed by atoms with Crippen LogP contribution in [0.3, 0.4) is 0 Å². The molecular weight excluding hydrogens is 326 g/mol. The van der Waals surface area contributed by atoms with E-state index in [1.807, 2.05) is 29.2 Å². The first-order valence-corrected chi connectivity index (χ1v) is 9.19. The van der Waals surface area contributed by atoms with Crippen LogP contribution < -0.4 is 4.74 Å². The van der Waals surface area contributed by atoms with Crippen LogP contribution in [0.5, 0.6) is 5.75 Å². The van der Waals surface area contributed by atoms with Crippen molar-refractivity contribution >= 4 is 17.5 Å². The van der Waals surface area contributed by atoms with Gasteiger partial charge in [0.2, 0.25) is 5.91 Å². The van der Waals surface area contributed by atoms with Gasteiger partial charge in [0.1, 0.15) is 12.4 Å². The number of likely N-dealkylation sites (tertiary alicyclic amines) is 1. The van der Waals surface area contributed by atoms with Gasteiger partial charge in [0.05, 0.1) is 6.54 Å². The molecule has 24 heavy (non-hydrogen) atoms. The van der Waals surface area contributed by atoms with Crippen LogP contribution in [0.15, 0.2) is 24.3 Å². The van der Waals surface area contributed by atoms with E-state index in [1.165, 1.54) is 0 Å². The fraction of sp³-hybridized carbons (Fsp3) is 0.611. The minimum absolute atomic E-state index is 0.297. The summed E-state index contributed by atoms with van der Waals surface area (Å²) in [6.07, 6.45) is 2.32. The number of amides is 1. The highest BCUT2D eigenvalue weighted by molar-refractivity contribution is 6.30. The smallest absolute Gasteiger partial charge is 0.236 e. The molecule has 6 heteroatoms. The van der Waals surface area contributed by atoms with E-state index >= 15 is 0 Å². The Bertz CT molecular complexity index is 541. The minimum Gasteiger partial charge on any atom is -0.492 e. The summed E-state index contributed by atoms with van der Waals surface area (Å²) in [5.74, 6) is 1.11. The summed E-state index contributed by atoms with van der Waals surface area (Å²) in [7, 11) is 0. The van der Waals surface area contributed by atoms with Gasteiger partial charge in [-0.1, -0.05) is 17.7 Å². The van der Waals surface area contributed by atoms with Crippen LogP contribution >= 0.6 is 11.6 Å². The molecule has 2 fully saturated rings. The monoisotopic (exact) mass is 351 g/mol. The van der Waals surface area contributed by atoms with Gasteiger partial charge in [0.25, 0.3) is 0 Å². The summed E-state index contributed by atoms with van der Waals surface area (Å²) in [4.78, 5) is 18.9. The average molecular weight is 352 g/mol. The average Bonchev–Trinajstić information content (AvgIpc) is 3.11. The number of halogens is 1. The van der Waals surface area contributed by atoms with Crippen molar-refractivity contribution in [2.24, 2.45) is 0 Å². The van der Waals surface area contributed by atoms with Gasteiger partial charge in [0.15, 0.2) is 0 Å². The summed E-state index contributed by atoms with van der Waals surface area (Å²) in [5.41, 5.74) is 0. The second kappa shape index (κ2) is 8.70. The van der Waals surface area contributed by atoms with Crippen LogP contribution in [0.25, 0.3) is 0 Å². The normalized spacial score (nSPS) is 19.6. The molecular formula is C18H26ClN3O2. The third-order valence-electron chi connectivity index (χ3n) is 4.75. The van der Waals surface area contributed by atoms with E-state index in [-0.39, 0.29) is 0 Å². The molecule has 0 N–H and O–H groups in total. The predicted octanol–water partition coefficient (Wildman–Crippen LogP) is 1.96. The standard InChI is InChI=1S/C18H26ClN3O2/c19-16-4-3-5-17(14-16)24-13-12-20-8-10-21(11-9-20)15-18(23)22-6-1-2-7-22/h3-5,14H,1-2,6-13,15H2. The molecule has 2 heterocycles. The Morgan fingerprint density at radius 3 is 2.46 bits per heavy atom. The van der Waals surface area contributed by atoms with Crippen molar-refractivity contribution in [3.63, 3.8) is 0 Å². The number of carbonyl (C=O) groups is 1. The van der Waals surface area contributed by atoms with E-state index in [9.17, 15) is 4.79 Å². The van der Waals surface area contributed by atoms with Gasteiger partial charge < -0.3 is 9.64 Å². The van der Waals surface area contributed by atoms with Crippen LogP contribution in [0, 0.1) is 0 Å². The summed E-state index contributed by atoms with van der Waals surface area (Å²) < 4.78 is 5.75. The summed E-state index contributed by atoms with van der Waals surface area (Å²) >= 11 is 5.95. The Balaban J connectivity index is 1.32. The first-order chi connectivity index (χ1) is 11.7. The Morgan fingerprint density at radius 1 is 1.04 bits per heavy atom. The largest absolute Gasteiger partial charge is 0.492 e. The second-order valence-corrected chi connectivity index (χ2v) is 6.95. The van der Waals surface area contributed by atoms with Gasteiger partial charge >= 0.3 is 0 Å². The maximum absolute atomic E-state index is 12.2. The third-order valence-corrected chi connectivity index (χ3v) is 4.99. The Hall–Kier alpha value is -1.30. The van der Waals surface area contributed by atoms with E-state index in [1.54, 1.807) is 0 Å². The number of ether oxygens (including phenoxy) is 1. The molecule has 2 saturated heterocycles. The highest BCUT2D eigenvalue weighted by Gasteiger charge is 2.23. The lowest BCUT2D eigenvalue weighted by atomic mass is 10.3. The van der Waals surface area contributed by atoms with Gasteiger partial charge in [-0.05, 0) is 31.0 Å². The Morgan fingerprint density at radius 2 is 1.75 bits per heavy atom. The molecule has 0 aliphatic carbocycles. The fourth-order valence-corrected chi connectivity index (χ4v) is 3.46. The van der Waals surface area contributed by atoms with E-state index < -0.39 is 0 Å². The number of hydrogen-bond donors (Lipinski definition) is 0. The topological polar surface area (TPSA) is 36.0 Å². The quantitative estimate of drug-likeness (QED) is 0.785. The van der Waals surface area contributed by atoms with Crippen LogP contribution in [-0.2, 0) is 4.79 Å². The Kier molecular flexibility index (Phi) is 6.35. The number of rotatable bonds is 6. The molecule has 0 unspecified atom stereocenters. The molecule has 0 bridgehead atoms. The van der Waals surface area contributed by atoms with Crippen molar-refractivity contribution in [2.45, 2.75) is 12.8 Å². The molecule has 132 valence electrons. The van der Waals surface area contributed by atoms with Crippen LogP contribution in [0.2, 0.25) is 5.02 Å².